The fourth-order valence-corrected chi connectivity index (χ4v) is 3.41. The molecule has 1 aromatic carbocycles. The van der Waals surface area contributed by atoms with E-state index in [2.05, 4.69) is 11.4 Å². The van der Waals surface area contributed by atoms with Crippen LogP contribution >= 0.6 is 23.7 Å². The van der Waals surface area contributed by atoms with Crippen LogP contribution < -0.4 is 15.0 Å². The molecule has 1 aliphatic heterocycles. The van der Waals surface area contributed by atoms with Crippen molar-refractivity contribution in [3.8, 4) is 5.75 Å². The lowest BCUT2D eigenvalue weighted by atomic mass is 10.1. The first-order valence-corrected chi connectivity index (χ1v) is 8.92. The molecule has 7 heteroatoms. The molecular formula is C18H23ClN2O3S. The van der Waals surface area contributed by atoms with Gasteiger partial charge in [-0.3, -0.25) is 4.79 Å². The molecule has 0 bridgehead atoms. The number of nitrogens with one attached hydrogen (secondary N) is 1. The Morgan fingerprint density at radius 1 is 1.36 bits per heavy atom. The third-order valence-corrected chi connectivity index (χ3v) is 4.86. The van der Waals surface area contributed by atoms with E-state index in [4.69, 9.17) is 9.47 Å². The number of halogens is 1. The SMILES string of the molecule is COc1ccc(N(Cc2cccs2)C(=O)CC2COCCN2)cc1.Cl. The van der Waals surface area contributed by atoms with Gasteiger partial charge in [0.15, 0.2) is 0 Å². The van der Waals surface area contributed by atoms with Gasteiger partial charge in [-0.2, -0.15) is 0 Å². The Morgan fingerprint density at radius 2 is 2.16 bits per heavy atom. The number of anilines is 1. The number of hydrogen-bond acceptors (Lipinski definition) is 5. The number of nitrogens with zero attached hydrogens (tertiary/aromatic N) is 1. The van der Waals surface area contributed by atoms with E-state index in [9.17, 15) is 4.79 Å². The Morgan fingerprint density at radius 3 is 2.76 bits per heavy atom. The van der Waals surface area contributed by atoms with Crippen LogP contribution in [0.2, 0.25) is 0 Å². The summed E-state index contributed by atoms with van der Waals surface area (Å²) < 4.78 is 10.7. The highest BCUT2D eigenvalue weighted by atomic mass is 35.5. The highest BCUT2D eigenvalue weighted by molar-refractivity contribution is 7.09. The van der Waals surface area contributed by atoms with Gasteiger partial charge in [0.25, 0.3) is 0 Å². The zero-order chi connectivity index (χ0) is 16.8. The van der Waals surface area contributed by atoms with Gasteiger partial charge in [0.1, 0.15) is 5.75 Å². The molecule has 1 N–H and O–H groups in total. The lowest BCUT2D eigenvalue weighted by Gasteiger charge is -2.27. The zero-order valence-electron chi connectivity index (χ0n) is 14.1. The van der Waals surface area contributed by atoms with Crippen molar-refractivity contribution >= 4 is 35.3 Å². The van der Waals surface area contributed by atoms with Crippen LogP contribution in [0.15, 0.2) is 41.8 Å². The van der Waals surface area contributed by atoms with Crippen molar-refractivity contribution in [1.29, 1.82) is 0 Å². The molecule has 2 aromatic rings. The molecule has 0 spiro atoms. The second kappa shape index (κ2) is 9.77. The molecule has 1 unspecified atom stereocenters. The zero-order valence-corrected chi connectivity index (χ0v) is 15.8. The number of ether oxygens (including phenoxy) is 2. The molecule has 1 amide bonds. The molecule has 2 heterocycles. The van der Waals surface area contributed by atoms with Crippen LogP contribution in [0.5, 0.6) is 5.75 Å². The van der Waals surface area contributed by atoms with E-state index >= 15 is 0 Å². The second-order valence-corrected chi connectivity index (χ2v) is 6.72. The van der Waals surface area contributed by atoms with Crippen molar-refractivity contribution in [2.45, 2.75) is 19.0 Å². The molecule has 0 saturated carbocycles. The van der Waals surface area contributed by atoms with E-state index in [0.29, 0.717) is 26.2 Å². The molecule has 1 aliphatic rings. The van der Waals surface area contributed by atoms with Crippen LogP contribution in [0.3, 0.4) is 0 Å². The topological polar surface area (TPSA) is 50.8 Å². The maximum atomic E-state index is 12.9. The van der Waals surface area contributed by atoms with Gasteiger partial charge in [0.05, 0.1) is 26.9 Å². The molecule has 0 aliphatic carbocycles. The molecule has 1 saturated heterocycles. The average molecular weight is 383 g/mol. The summed E-state index contributed by atoms with van der Waals surface area (Å²) in [5.74, 6) is 0.876. The number of carbonyl (C=O) groups is 1. The minimum Gasteiger partial charge on any atom is -0.497 e. The smallest absolute Gasteiger partial charge is 0.228 e. The monoisotopic (exact) mass is 382 g/mol. The molecule has 3 rings (SSSR count). The fourth-order valence-electron chi connectivity index (χ4n) is 2.72. The molecular weight excluding hydrogens is 360 g/mol. The number of hydrogen-bond donors (Lipinski definition) is 1. The number of carbonyl (C=O) groups excluding carboxylic acids is 1. The van der Waals surface area contributed by atoms with E-state index in [1.165, 1.54) is 0 Å². The van der Waals surface area contributed by atoms with Crippen molar-refractivity contribution in [2.24, 2.45) is 0 Å². The van der Waals surface area contributed by atoms with Crippen LogP contribution in [-0.2, 0) is 16.1 Å². The van der Waals surface area contributed by atoms with E-state index in [0.717, 1.165) is 22.9 Å². The number of thiophene rings is 1. The number of morpholine rings is 1. The van der Waals surface area contributed by atoms with E-state index < -0.39 is 0 Å². The number of methoxy groups -OCH3 is 1. The summed E-state index contributed by atoms with van der Waals surface area (Å²) in [7, 11) is 1.64. The van der Waals surface area contributed by atoms with E-state index in [1.807, 2.05) is 40.6 Å². The molecule has 25 heavy (non-hydrogen) atoms. The van der Waals surface area contributed by atoms with Crippen molar-refractivity contribution < 1.29 is 14.3 Å². The van der Waals surface area contributed by atoms with E-state index in [-0.39, 0.29) is 24.4 Å². The number of benzene rings is 1. The van der Waals surface area contributed by atoms with Crippen LogP contribution in [0.1, 0.15) is 11.3 Å². The van der Waals surface area contributed by atoms with E-state index in [1.54, 1.807) is 18.4 Å². The minimum absolute atomic E-state index is 0. The maximum Gasteiger partial charge on any atom is 0.228 e. The summed E-state index contributed by atoms with van der Waals surface area (Å²) in [5.41, 5.74) is 0.880. The molecule has 5 nitrogen and oxygen atoms in total. The molecule has 1 atom stereocenters. The fraction of sp³-hybridized carbons (Fsp3) is 0.389. The summed E-state index contributed by atoms with van der Waals surface area (Å²) in [4.78, 5) is 15.9. The van der Waals surface area contributed by atoms with Gasteiger partial charge in [0, 0.05) is 29.6 Å². The van der Waals surface area contributed by atoms with Crippen molar-refractivity contribution in [3.05, 3.63) is 46.7 Å². The Hall–Kier alpha value is -1.60. The normalized spacial score (nSPS) is 16.8. The predicted octanol–water partition coefficient (Wildman–Crippen LogP) is 3.09. The highest BCUT2D eigenvalue weighted by Gasteiger charge is 2.22. The summed E-state index contributed by atoms with van der Waals surface area (Å²) in [5, 5.41) is 5.37. The third-order valence-electron chi connectivity index (χ3n) is 4.00. The van der Waals surface area contributed by atoms with Crippen LogP contribution in [0, 0.1) is 0 Å². The maximum absolute atomic E-state index is 12.9. The van der Waals surface area contributed by atoms with Crippen molar-refractivity contribution in [2.75, 3.05) is 31.8 Å². The number of rotatable bonds is 6. The lowest BCUT2D eigenvalue weighted by molar-refractivity contribution is -0.119. The van der Waals surface area contributed by atoms with Crippen molar-refractivity contribution in [3.63, 3.8) is 0 Å². The van der Waals surface area contributed by atoms with Gasteiger partial charge < -0.3 is 19.7 Å². The van der Waals surface area contributed by atoms with Gasteiger partial charge in [-0.05, 0) is 35.7 Å². The van der Waals surface area contributed by atoms with Crippen molar-refractivity contribution in [1.82, 2.24) is 5.32 Å². The van der Waals surface area contributed by atoms with Gasteiger partial charge in [0.2, 0.25) is 5.91 Å². The third kappa shape index (κ3) is 5.44. The Labute approximate surface area is 158 Å². The minimum atomic E-state index is 0. The van der Waals surface area contributed by atoms with Gasteiger partial charge in [-0.15, -0.1) is 23.7 Å². The molecule has 136 valence electrons. The number of amides is 1. The largest absolute Gasteiger partial charge is 0.497 e. The summed E-state index contributed by atoms with van der Waals surface area (Å²) >= 11 is 1.66. The van der Waals surface area contributed by atoms with Gasteiger partial charge in [-0.1, -0.05) is 6.07 Å². The first-order valence-electron chi connectivity index (χ1n) is 8.04. The van der Waals surface area contributed by atoms with Gasteiger partial charge in [-0.25, -0.2) is 0 Å². The lowest BCUT2D eigenvalue weighted by Crippen LogP contribution is -2.45. The van der Waals surface area contributed by atoms with Crippen LogP contribution in [0.4, 0.5) is 5.69 Å². The summed E-state index contributed by atoms with van der Waals surface area (Å²) in [6.07, 6.45) is 0.428. The highest BCUT2D eigenvalue weighted by Crippen LogP contribution is 2.24. The Balaban J connectivity index is 0.00000225. The predicted molar refractivity (Wildman–Crippen MR) is 103 cm³/mol. The Kier molecular flexibility index (Phi) is 7.71. The Bertz CT molecular complexity index is 643. The first kappa shape index (κ1) is 19.7. The second-order valence-electron chi connectivity index (χ2n) is 5.69. The van der Waals surface area contributed by atoms with Gasteiger partial charge >= 0.3 is 0 Å². The van der Waals surface area contributed by atoms with Crippen LogP contribution in [0.25, 0.3) is 0 Å². The standard InChI is InChI=1S/C18H22N2O3S.ClH/c1-22-16-6-4-15(5-7-16)20(12-17-3-2-10-24-17)18(21)11-14-13-23-9-8-19-14;/h2-7,10,14,19H,8-9,11-13H2,1H3;1H. The molecule has 1 fully saturated rings. The quantitative estimate of drug-likeness (QED) is 0.834. The first-order chi connectivity index (χ1) is 11.8. The van der Waals surface area contributed by atoms with Crippen LogP contribution in [-0.4, -0.2) is 38.8 Å². The average Bonchev–Trinajstić information content (AvgIpc) is 3.14. The molecule has 1 aromatic heterocycles. The summed E-state index contributed by atoms with van der Waals surface area (Å²) in [6.45, 7) is 2.67. The molecule has 0 radical (unpaired) electrons. The summed E-state index contributed by atoms with van der Waals surface area (Å²) in [6, 6.07) is 11.8.